The number of hydrogen-bond donors (Lipinski definition) is 0. The summed E-state index contributed by atoms with van der Waals surface area (Å²) in [5.41, 5.74) is 2.99. The molecule has 8 heteroatoms. The monoisotopic (exact) mass is 467 g/mol. The van der Waals surface area contributed by atoms with Crippen molar-refractivity contribution in [1.29, 1.82) is 0 Å². The van der Waals surface area contributed by atoms with Crippen molar-refractivity contribution in [2.24, 2.45) is 0 Å². The summed E-state index contributed by atoms with van der Waals surface area (Å²) in [5.74, 6) is 2.03. The van der Waals surface area contributed by atoms with Crippen LogP contribution in [0.1, 0.15) is 40.6 Å². The second-order valence-electron chi connectivity index (χ2n) is 8.28. The largest absolute Gasteiger partial charge is 0.497 e. The summed E-state index contributed by atoms with van der Waals surface area (Å²) < 4.78 is 11.2. The SMILES string of the molecule is COc1ccc(-c2nccc([C@@H]3CCCN3C(=O)c3cccnc3Oc3ccc(C)nc3)n2)cc1. The summed E-state index contributed by atoms with van der Waals surface area (Å²) in [6.45, 7) is 2.53. The topological polar surface area (TPSA) is 90.3 Å². The van der Waals surface area contributed by atoms with Crippen molar-refractivity contribution in [2.45, 2.75) is 25.8 Å². The Labute approximate surface area is 203 Å². The van der Waals surface area contributed by atoms with E-state index < -0.39 is 0 Å². The fourth-order valence-electron chi connectivity index (χ4n) is 4.17. The molecule has 1 fully saturated rings. The van der Waals surface area contributed by atoms with E-state index in [1.807, 2.05) is 54.3 Å². The molecular weight excluding hydrogens is 442 g/mol. The summed E-state index contributed by atoms with van der Waals surface area (Å²) in [7, 11) is 1.63. The smallest absolute Gasteiger partial charge is 0.259 e. The molecule has 1 aliphatic rings. The zero-order chi connectivity index (χ0) is 24.2. The van der Waals surface area contributed by atoms with Crippen LogP contribution < -0.4 is 9.47 Å². The first-order valence-corrected chi connectivity index (χ1v) is 11.5. The summed E-state index contributed by atoms with van der Waals surface area (Å²) in [6.07, 6.45) is 6.69. The third kappa shape index (κ3) is 4.82. The van der Waals surface area contributed by atoms with Gasteiger partial charge in [0.25, 0.3) is 5.91 Å². The number of benzene rings is 1. The standard InChI is InChI=1S/C27H25N5O3/c1-18-7-10-21(17-30-18)35-26-22(5-3-14-29-26)27(33)32-16-4-6-24(32)23-13-15-28-25(31-23)19-8-11-20(34-2)12-9-19/h3,5,7-15,17,24H,4,6,16H2,1-2H3/t24-/m0/s1. The van der Waals surface area contributed by atoms with Crippen molar-refractivity contribution in [3.8, 4) is 28.8 Å². The number of ether oxygens (including phenoxy) is 2. The van der Waals surface area contributed by atoms with E-state index in [0.29, 0.717) is 23.7 Å². The Morgan fingerprint density at radius 3 is 2.57 bits per heavy atom. The lowest BCUT2D eigenvalue weighted by Gasteiger charge is -2.25. The summed E-state index contributed by atoms with van der Waals surface area (Å²) in [4.78, 5) is 33.3. The van der Waals surface area contributed by atoms with Gasteiger partial charge < -0.3 is 14.4 Å². The summed E-state index contributed by atoms with van der Waals surface area (Å²) in [6, 6.07) is 16.5. The molecule has 0 radical (unpaired) electrons. The molecule has 0 aliphatic carbocycles. The molecule has 0 saturated carbocycles. The quantitative estimate of drug-likeness (QED) is 0.393. The van der Waals surface area contributed by atoms with Gasteiger partial charge >= 0.3 is 0 Å². The zero-order valence-electron chi connectivity index (χ0n) is 19.6. The van der Waals surface area contributed by atoms with E-state index in [0.717, 1.165) is 35.5 Å². The molecule has 4 aromatic rings. The molecule has 0 N–H and O–H groups in total. The lowest BCUT2D eigenvalue weighted by molar-refractivity contribution is 0.0729. The predicted octanol–water partition coefficient (Wildman–Crippen LogP) is 5.02. The van der Waals surface area contributed by atoms with Gasteiger partial charge in [-0.2, -0.15) is 0 Å². The van der Waals surface area contributed by atoms with Crippen molar-refractivity contribution < 1.29 is 14.3 Å². The molecule has 176 valence electrons. The lowest BCUT2D eigenvalue weighted by Crippen LogP contribution is -2.31. The maximum absolute atomic E-state index is 13.7. The van der Waals surface area contributed by atoms with Gasteiger partial charge in [0.1, 0.15) is 17.1 Å². The van der Waals surface area contributed by atoms with Gasteiger partial charge in [0.15, 0.2) is 5.82 Å². The Bertz CT molecular complexity index is 1330. The number of amides is 1. The van der Waals surface area contributed by atoms with E-state index in [9.17, 15) is 4.79 Å². The van der Waals surface area contributed by atoms with Crippen LogP contribution in [0, 0.1) is 6.92 Å². The van der Waals surface area contributed by atoms with Gasteiger partial charge in [-0.3, -0.25) is 9.78 Å². The molecule has 1 atom stereocenters. The van der Waals surface area contributed by atoms with Crippen molar-refractivity contribution in [3.05, 3.63) is 90.1 Å². The number of pyridine rings is 2. The van der Waals surface area contributed by atoms with E-state index in [-0.39, 0.29) is 17.8 Å². The molecular formula is C27H25N5O3. The van der Waals surface area contributed by atoms with Crippen LogP contribution in [-0.4, -0.2) is 44.4 Å². The third-order valence-electron chi connectivity index (χ3n) is 5.98. The molecule has 0 bridgehead atoms. The van der Waals surface area contributed by atoms with Crippen LogP contribution in [-0.2, 0) is 0 Å². The molecule has 35 heavy (non-hydrogen) atoms. The first kappa shape index (κ1) is 22.5. The van der Waals surface area contributed by atoms with E-state index in [2.05, 4.69) is 15.0 Å². The Balaban J connectivity index is 1.40. The number of methoxy groups -OCH3 is 1. The van der Waals surface area contributed by atoms with E-state index in [1.54, 1.807) is 37.8 Å². The van der Waals surface area contributed by atoms with E-state index in [4.69, 9.17) is 14.5 Å². The second-order valence-corrected chi connectivity index (χ2v) is 8.28. The van der Waals surface area contributed by atoms with Gasteiger partial charge in [0.2, 0.25) is 5.88 Å². The Hall–Kier alpha value is -4.33. The van der Waals surface area contributed by atoms with E-state index >= 15 is 0 Å². The minimum atomic E-state index is -0.156. The first-order valence-electron chi connectivity index (χ1n) is 11.5. The summed E-state index contributed by atoms with van der Waals surface area (Å²) in [5, 5.41) is 0. The lowest BCUT2D eigenvalue weighted by atomic mass is 10.1. The number of carbonyl (C=O) groups is 1. The van der Waals surface area contributed by atoms with Crippen LogP contribution in [0.4, 0.5) is 0 Å². The van der Waals surface area contributed by atoms with Crippen molar-refractivity contribution in [2.75, 3.05) is 13.7 Å². The van der Waals surface area contributed by atoms with Crippen molar-refractivity contribution in [3.63, 3.8) is 0 Å². The zero-order valence-corrected chi connectivity index (χ0v) is 19.6. The molecule has 1 aromatic carbocycles. The van der Waals surface area contributed by atoms with Gasteiger partial charge in [-0.1, -0.05) is 0 Å². The molecule has 4 heterocycles. The van der Waals surface area contributed by atoms with Crippen LogP contribution >= 0.6 is 0 Å². The van der Waals surface area contributed by atoms with Gasteiger partial charge in [0.05, 0.1) is 25.0 Å². The number of nitrogens with zero attached hydrogens (tertiary/aromatic N) is 5. The minimum Gasteiger partial charge on any atom is -0.497 e. The van der Waals surface area contributed by atoms with Crippen LogP contribution in [0.2, 0.25) is 0 Å². The average molecular weight is 468 g/mol. The number of hydrogen-bond acceptors (Lipinski definition) is 7. The van der Waals surface area contributed by atoms with Crippen molar-refractivity contribution >= 4 is 5.91 Å². The minimum absolute atomic E-state index is 0.139. The molecule has 1 saturated heterocycles. The average Bonchev–Trinajstić information content (AvgIpc) is 3.40. The van der Waals surface area contributed by atoms with Crippen LogP contribution in [0.15, 0.2) is 73.2 Å². The van der Waals surface area contributed by atoms with E-state index in [1.165, 1.54) is 0 Å². The van der Waals surface area contributed by atoms with Gasteiger partial charge in [-0.15, -0.1) is 0 Å². The fourth-order valence-corrected chi connectivity index (χ4v) is 4.17. The maximum atomic E-state index is 13.7. The third-order valence-corrected chi connectivity index (χ3v) is 5.98. The highest BCUT2D eigenvalue weighted by molar-refractivity contribution is 5.96. The van der Waals surface area contributed by atoms with Crippen LogP contribution in [0.3, 0.4) is 0 Å². The first-order chi connectivity index (χ1) is 17.1. The fraction of sp³-hybridized carbons (Fsp3) is 0.222. The molecule has 0 unspecified atom stereocenters. The second kappa shape index (κ2) is 9.89. The van der Waals surface area contributed by atoms with Gasteiger partial charge in [0, 0.05) is 30.2 Å². The Morgan fingerprint density at radius 2 is 1.80 bits per heavy atom. The number of rotatable bonds is 6. The number of aromatic nitrogens is 4. The molecule has 0 spiro atoms. The van der Waals surface area contributed by atoms with Gasteiger partial charge in [-0.25, -0.2) is 15.0 Å². The molecule has 8 nitrogen and oxygen atoms in total. The maximum Gasteiger partial charge on any atom is 0.259 e. The van der Waals surface area contributed by atoms with Gasteiger partial charge in [-0.05, 0) is 74.4 Å². The predicted molar refractivity (Wildman–Crippen MR) is 130 cm³/mol. The van der Waals surface area contributed by atoms with Crippen LogP contribution in [0.5, 0.6) is 17.4 Å². The number of aryl methyl sites for hydroxylation is 1. The summed E-state index contributed by atoms with van der Waals surface area (Å²) >= 11 is 0. The molecule has 5 rings (SSSR count). The Morgan fingerprint density at radius 1 is 0.971 bits per heavy atom. The highest BCUT2D eigenvalue weighted by atomic mass is 16.5. The van der Waals surface area contributed by atoms with Crippen LogP contribution in [0.25, 0.3) is 11.4 Å². The van der Waals surface area contributed by atoms with Crippen molar-refractivity contribution in [1.82, 2.24) is 24.8 Å². The normalized spacial score (nSPS) is 15.1. The molecule has 3 aromatic heterocycles. The highest BCUT2D eigenvalue weighted by Gasteiger charge is 2.33. The molecule has 1 amide bonds. The number of likely N-dealkylation sites (tertiary alicyclic amines) is 1. The highest BCUT2D eigenvalue weighted by Crippen LogP contribution is 2.34. The number of carbonyl (C=O) groups excluding carboxylic acids is 1. The Kier molecular flexibility index (Phi) is 6.34. The molecule has 1 aliphatic heterocycles.